The van der Waals surface area contributed by atoms with Gasteiger partial charge in [-0.05, 0) is 44.1 Å². The summed E-state index contributed by atoms with van der Waals surface area (Å²) in [5.74, 6) is 0.918. The van der Waals surface area contributed by atoms with E-state index < -0.39 is 0 Å². The van der Waals surface area contributed by atoms with Gasteiger partial charge in [0, 0.05) is 6.04 Å². The highest BCUT2D eigenvalue weighted by molar-refractivity contribution is 4.94. The molecule has 0 aromatic carbocycles. The zero-order chi connectivity index (χ0) is 12.0. The molecule has 1 fully saturated rings. The quantitative estimate of drug-likeness (QED) is 0.678. The summed E-state index contributed by atoms with van der Waals surface area (Å²) in [6, 6.07) is 0.755. The van der Waals surface area contributed by atoms with Crippen molar-refractivity contribution in [1.82, 2.24) is 5.32 Å². The molecular weight excluding hydrogens is 194 g/mol. The van der Waals surface area contributed by atoms with Crippen LogP contribution in [0.2, 0.25) is 0 Å². The molecule has 0 radical (unpaired) electrons. The predicted molar refractivity (Wildman–Crippen MR) is 72.7 cm³/mol. The molecule has 0 saturated heterocycles. The van der Waals surface area contributed by atoms with Crippen LogP contribution in [0.1, 0.15) is 72.1 Å². The van der Waals surface area contributed by atoms with Gasteiger partial charge in [-0.2, -0.15) is 0 Å². The van der Waals surface area contributed by atoms with Crippen molar-refractivity contribution in [1.29, 1.82) is 0 Å². The molecule has 16 heavy (non-hydrogen) atoms. The van der Waals surface area contributed by atoms with Crippen LogP contribution in [0, 0.1) is 11.3 Å². The normalized spacial score (nSPS) is 21.6. The Morgan fingerprint density at radius 2 is 1.62 bits per heavy atom. The summed E-state index contributed by atoms with van der Waals surface area (Å²) in [7, 11) is 2.17. The minimum Gasteiger partial charge on any atom is -0.316 e. The van der Waals surface area contributed by atoms with Crippen molar-refractivity contribution < 1.29 is 0 Å². The highest BCUT2D eigenvalue weighted by Crippen LogP contribution is 2.45. The van der Waals surface area contributed by atoms with E-state index in [-0.39, 0.29) is 0 Å². The van der Waals surface area contributed by atoms with Gasteiger partial charge in [-0.25, -0.2) is 0 Å². The molecule has 0 aromatic rings. The zero-order valence-electron chi connectivity index (χ0n) is 11.8. The van der Waals surface area contributed by atoms with Crippen LogP contribution in [0.4, 0.5) is 0 Å². The maximum atomic E-state index is 3.63. The van der Waals surface area contributed by atoms with Gasteiger partial charge in [0.25, 0.3) is 0 Å². The number of rotatable bonds is 7. The van der Waals surface area contributed by atoms with E-state index in [1.165, 1.54) is 51.4 Å². The van der Waals surface area contributed by atoms with E-state index in [1.807, 2.05) is 0 Å². The summed E-state index contributed by atoms with van der Waals surface area (Å²) < 4.78 is 0. The average Bonchev–Trinajstić information content (AvgIpc) is 2.80. The lowest BCUT2D eigenvalue weighted by molar-refractivity contribution is 0.163. The first-order valence-corrected chi connectivity index (χ1v) is 7.39. The lowest BCUT2D eigenvalue weighted by Gasteiger charge is -2.38. The number of hydrogen-bond donors (Lipinski definition) is 1. The van der Waals surface area contributed by atoms with Gasteiger partial charge in [0.15, 0.2) is 0 Å². The second kappa shape index (κ2) is 6.64. The molecule has 1 atom stereocenters. The number of nitrogens with one attached hydrogen (secondary N) is 1. The minimum atomic E-state index is 0.622. The molecule has 0 amide bonds. The molecule has 0 aliphatic heterocycles. The Morgan fingerprint density at radius 3 is 2.00 bits per heavy atom. The molecule has 0 bridgehead atoms. The third-order valence-electron chi connectivity index (χ3n) is 5.11. The van der Waals surface area contributed by atoms with E-state index in [9.17, 15) is 0 Å². The molecular formula is C15H31N. The molecule has 1 rings (SSSR count). The van der Waals surface area contributed by atoms with Crippen LogP contribution in [0.25, 0.3) is 0 Å². The standard InChI is InChI=1S/C15H31N/c1-5-13(6-2)12-14(16-4)15(7-3)10-8-9-11-15/h13-14,16H,5-12H2,1-4H3. The fraction of sp³-hybridized carbons (Fsp3) is 1.00. The van der Waals surface area contributed by atoms with Gasteiger partial charge in [0.2, 0.25) is 0 Å². The molecule has 0 heterocycles. The van der Waals surface area contributed by atoms with Gasteiger partial charge in [-0.3, -0.25) is 0 Å². The first-order valence-electron chi connectivity index (χ1n) is 7.39. The average molecular weight is 225 g/mol. The van der Waals surface area contributed by atoms with Crippen molar-refractivity contribution in [3.63, 3.8) is 0 Å². The van der Waals surface area contributed by atoms with Crippen LogP contribution in [0.15, 0.2) is 0 Å². The lowest BCUT2D eigenvalue weighted by Crippen LogP contribution is -2.43. The van der Waals surface area contributed by atoms with Crippen molar-refractivity contribution in [2.24, 2.45) is 11.3 Å². The van der Waals surface area contributed by atoms with Crippen molar-refractivity contribution >= 4 is 0 Å². The highest BCUT2D eigenvalue weighted by atomic mass is 14.9. The maximum Gasteiger partial charge on any atom is 0.0123 e. The third-order valence-corrected chi connectivity index (χ3v) is 5.11. The van der Waals surface area contributed by atoms with Crippen LogP contribution >= 0.6 is 0 Å². The first kappa shape index (κ1) is 14.0. The highest BCUT2D eigenvalue weighted by Gasteiger charge is 2.39. The van der Waals surface area contributed by atoms with Crippen LogP contribution in [0.5, 0.6) is 0 Å². The lowest BCUT2D eigenvalue weighted by atomic mass is 9.72. The Bertz CT molecular complexity index is 178. The van der Waals surface area contributed by atoms with Crippen LogP contribution in [-0.4, -0.2) is 13.1 Å². The topological polar surface area (TPSA) is 12.0 Å². The molecule has 0 spiro atoms. The molecule has 1 aliphatic rings. The summed E-state index contributed by atoms with van der Waals surface area (Å²) in [6.45, 7) is 7.07. The van der Waals surface area contributed by atoms with Gasteiger partial charge in [0.05, 0.1) is 0 Å². The minimum absolute atomic E-state index is 0.622. The van der Waals surface area contributed by atoms with Crippen LogP contribution < -0.4 is 5.32 Å². The molecule has 1 unspecified atom stereocenters. The summed E-state index contributed by atoms with van der Waals surface area (Å²) >= 11 is 0. The van der Waals surface area contributed by atoms with Gasteiger partial charge < -0.3 is 5.32 Å². The van der Waals surface area contributed by atoms with E-state index in [2.05, 4.69) is 33.1 Å². The fourth-order valence-corrected chi connectivity index (χ4v) is 3.66. The Labute approximate surface area is 102 Å². The largest absolute Gasteiger partial charge is 0.316 e. The van der Waals surface area contributed by atoms with Crippen molar-refractivity contribution in [2.45, 2.75) is 78.2 Å². The smallest absolute Gasteiger partial charge is 0.0123 e. The van der Waals surface area contributed by atoms with E-state index in [4.69, 9.17) is 0 Å². The van der Waals surface area contributed by atoms with Crippen molar-refractivity contribution in [3.05, 3.63) is 0 Å². The second-order valence-corrected chi connectivity index (χ2v) is 5.68. The number of hydrogen-bond acceptors (Lipinski definition) is 1. The van der Waals surface area contributed by atoms with Gasteiger partial charge in [0.1, 0.15) is 0 Å². The summed E-state index contributed by atoms with van der Waals surface area (Å²) in [4.78, 5) is 0. The molecule has 1 heteroatoms. The molecule has 1 nitrogen and oxygen atoms in total. The van der Waals surface area contributed by atoms with E-state index in [0.29, 0.717) is 5.41 Å². The monoisotopic (exact) mass is 225 g/mol. The summed E-state index contributed by atoms with van der Waals surface area (Å²) in [5.41, 5.74) is 0.622. The Kier molecular flexibility index (Phi) is 5.82. The molecule has 96 valence electrons. The molecule has 1 saturated carbocycles. The van der Waals surface area contributed by atoms with E-state index >= 15 is 0 Å². The fourth-order valence-electron chi connectivity index (χ4n) is 3.66. The van der Waals surface area contributed by atoms with Crippen LogP contribution in [0.3, 0.4) is 0 Å². The first-order chi connectivity index (χ1) is 7.72. The van der Waals surface area contributed by atoms with Gasteiger partial charge in [-0.15, -0.1) is 0 Å². The molecule has 1 N–H and O–H groups in total. The van der Waals surface area contributed by atoms with Gasteiger partial charge in [-0.1, -0.05) is 46.5 Å². The summed E-state index contributed by atoms with van der Waals surface area (Å²) in [6.07, 6.45) is 11.2. The van der Waals surface area contributed by atoms with Crippen LogP contribution in [-0.2, 0) is 0 Å². The van der Waals surface area contributed by atoms with E-state index in [1.54, 1.807) is 0 Å². The van der Waals surface area contributed by atoms with Crippen molar-refractivity contribution in [2.75, 3.05) is 7.05 Å². The molecule has 1 aliphatic carbocycles. The SMILES string of the molecule is CCC(CC)CC(NC)C1(CC)CCCC1. The Balaban J connectivity index is 2.63. The van der Waals surface area contributed by atoms with E-state index in [0.717, 1.165) is 12.0 Å². The predicted octanol–water partition coefficient (Wildman–Crippen LogP) is 4.37. The maximum absolute atomic E-state index is 3.63. The summed E-state index contributed by atoms with van der Waals surface area (Å²) in [5, 5.41) is 3.63. The molecule has 0 aromatic heterocycles. The van der Waals surface area contributed by atoms with Gasteiger partial charge >= 0.3 is 0 Å². The Hall–Kier alpha value is -0.0400. The third kappa shape index (κ3) is 3.00. The van der Waals surface area contributed by atoms with Crippen molar-refractivity contribution in [3.8, 4) is 0 Å². The zero-order valence-corrected chi connectivity index (χ0v) is 11.8. The second-order valence-electron chi connectivity index (χ2n) is 5.68. The Morgan fingerprint density at radius 1 is 1.06 bits per heavy atom.